The molecule has 0 aliphatic heterocycles. The highest BCUT2D eigenvalue weighted by Gasteiger charge is 2.17. The fraction of sp³-hybridized carbons (Fsp3) is 0.429. The van der Waals surface area contributed by atoms with E-state index in [9.17, 15) is 0 Å². The smallest absolute Gasteiger partial charge is 0.203 e. The van der Waals surface area contributed by atoms with Crippen molar-refractivity contribution in [2.75, 3.05) is 21.3 Å². The molecule has 1 aromatic carbocycles. The molecule has 0 atom stereocenters. The number of ether oxygens (including phenoxy) is 3. The molecule has 0 spiro atoms. The van der Waals surface area contributed by atoms with Gasteiger partial charge in [-0.15, -0.1) is 10.2 Å². The van der Waals surface area contributed by atoms with Gasteiger partial charge in [0.05, 0.1) is 21.3 Å². The second-order valence-electron chi connectivity index (χ2n) is 4.57. The number of benzene rings is 1. The SMILES string of the molecule is COc1cc(-c2nncn2C(C)C)cc(OC)c1OC. The highest BCUT2D eigenvalue weighted by Crippen LogP contribution is 2.40. The predicted molar refractivity (Wildman–Crippen MR) is 75.5 cm³/mol. The van der Waals surface area contributed by atoms with E-state index in [1.54, 1.807) is 27.7 Å². The van der Waals surface area contributed by atoms with Crippen LogP contribution in [0.15, 0.2) is 18.5 Å². The molecule has 0 aliphatic carbocycles. The molecule has 2 rings (SSSR count). The van der Waals surface area contributed by atoms with Crippen molar-refractivity contribution in [2.45, 2.75) is 19.9 Å². The fourth-order valence-electron chi connectivity index (χ4n) is 2.04. The van der Waals surface area contributed by atoms with E-state index in [0.717, 1.165) is 11.4 Å². The zero-order valence-electron chi connectivity index (χ0n) is 12.4. The molecule has 6 heteroatoms. The zero-order valence-corrected chi connectivity index (χ0v) is 12.4. The fourth-order valence-corrected chi connectivity index (χ4v) is 2.04. The summed E-state index contributed by atoms with van der Waals surface area (Å²) in [6.45, 7) is 4.15. The van der Waals surface area contributed by atoms with E-state index >= 15 is 0 Å². The van der Waals surface area contributed by atoms with E-state index in [2.05, 4.69) is 24.0 Å². The van der Waals surface area contributed by atoms with E-state index in [-0.39, 0.29) is 6.04 Å². The number of hydrogen-bond acceptors (Lipinski definition) is 5. The van der Waals surface area contributed by atoms with E-state index in [1.807, 2.05) is 16.7 Å². The van der Waals surface area contributed by atoms with Crippen LogP contribution >= 0.6 is 0 Å². The third-order valence-electron chi connectivity index (χ3n) is 3.05. The first-order valence-electron chi connectivity index (χ1n) is 6.32. The van der Waals surface area contributed by atoms with Crippen LogP contribution in [-0.2, 0) is 0 Å². The van der Waals surface area contributed by atoms with Crippen LogP contribution in [-0.4, -0.2) is 36.1 Å². The summed E-state index contributed by atoms with van der Waals surface area (Å²) in [6, 6.07) is 3.99. The third kappa shape index (κ3) is 2.41. The quantitative estimate of drug-likeness (QED) is 0.840. The Morgan fingerprint density at radius 1 is 1.00 bits per heavy atom. The van der Waals surface area contributed by atoms with Crippen LogP contribution in [0.25, 0.3) is 11.4 Å². The number of rotatable bonds is 5. The number of aromatic nitrogens is 3. The van der Waals surface area contributed by atoms with Gasteiger partial charge >= 0.3 is 0 Å². The zero-order chi connectivity index (χ0) is 14.7. The Balaban J connectivity index is 2.60. The van der Waals surface area contributed by atoms with Gasteiger partial charge in [-0.3, -0.25) is 0 Å². The van der Waals surface area contributed by atoms with Gasteiger partial charge in [0.25, 0.3) is 0 Å². The first-order valence-corrected chi connectivity index (χ1v) is 6.32. The molecular weight excluding hydrogens is 258 g/mol. The molecule has 20 heavy (non-hydrogen) atoms. The average molecular weight is 277 g/mol. The van der Waals surface area contributed by atoms with E-state index in [1.165, 1.54) is 0 Å². The van der Waals surface area contributed by atoms with Crippen molar-refractivity contribution < 1.29 is 14.2 Å². The maximum Gasteiger partial charge on any atom is 0.203 e. The van der Waals surface area contributed by atoms with Crippen molar-refractivity contribution in [3.63, 3.8) is 0 Å². The van der Waals surface area contributed by atoms with Gasteiger partial charge in [-0.1, -0.05) is 0 Å². The summed E-state index contributed by atoms with van der Waals surface area (Å²) in [5, 5.41) is 8.15. The molecule has 0 N–H and O–H groups in total. The second-order valence-corrected chi connectivity index (χ2v) is 4.57. The second kappa shape index (κ2) is 5.81. The maximum absolute atomic E-state index is 5.36. The van der Waals surface area contributed by atoms with Crippen LogP contribution in [0.2, 0.25) is 0 Å². The van der Waals surface area contributed by atoms with E-state index in [0.29, 0.717) is 17.2 Å². The third-order valence-corrected chi connectivity index (χ3v) is 3.05. The van der Waals surface area contributed by atoms with Crippen LogP contribution in [0, 0.1) is 0 Å². The summed E-state index contributed by atoms with van der Waals surface area (Å²) in [6.07, 6.45) is 1.71. The van der Waals surface area contributed by atoms with Crippen LogP contribution < -0.4 is 14.2 Å². The molecule has 0 saturated heterocycles. The number of nitrogens with zero attached hydrogens (tertiary/aromatic N) is 3. The van der Waals surface area contributed by atoms with Crippen LogP contribution in [0.5, 0.6) is 17.2 Å². The molecule has 6 nitrogen and oxygen atoms in total. The lowest BCUT2D eigenvalue weighted by Gasteiger charge is -2.15. The Morgan fingerprint density at radius 2 is 1.60 bits per heavy atom. The summed E-state index contributed by atoms with van der Waals surface area (Å²) >= 11 is 0. The molecule has 0 unspecified atom stereocenters. The van der Waals surface area contributed by atoms with Crippen molar-refractivity contribution in [2.24, 2.45) is 0 Å². The topological polar surface area (TPSA) is 58.4 Å². The maximum atomic E-state index is 5.36. The normalized spacial score (nSPS) is 10.7. The van der Waals surface area contributed by atoms with Gasteiger partial charge in [0, 0.05) is 11.6 Å². The molecule has 0 bridgehead atoms. The summed E-state index contributed by atoms with van der Waals surface area (Å²) in [7, 11) is 4.76. The molecule has 108 valence electrons. The van der Waals surface area contributed by atoms with E-state index < -0.39 is 0 Å². The molecule has 0 radical (unpaired) electrons. The van der Waals surface area contributed by atoms with Crippen molar-refractivity contribution in [1.29, 1.82) is 0 Å². The lowest BCUT2D eigenvalue weighted by Crippen LogP contribution is -2.03. The molecule has 1 aromatic heterocycles. The van der Waals surface area contributed by atoms with Crippen molar-refractivity contribution >= 4 is 0 Å². The van der Waals surface area contributed by atoms with Gasteiger partial charge in [-0.2, -0.15) is 0 Å². The molecule has 1 heterocycles. The number of hydrogen-bond donors (Lipinski definition) is 0. The van der Waals surface area contributed by atoms with E-state index in [4.69, 9.17) is 14.2 Å². The monoisotopic (exact) mass is 277 g/mol. The standard InChI is InChI=1S/C14H19N3O3/c1-9(2)17-8-15-16-14(17)10-6-11(18-3)13(20-5)12(7-10)19-4/h6-9H,1-5H3. The minimum Gasteiger partial charge on any atom is -0.493 e. The lowest BCUT2D eigenvalue weighted by atomic mass is 10.1. The summed E-state index contributed by atoms with van der Waals surface area (Å²) < 4.78 is 18.0. The Morgan fingerprint density at radius 3 is 2.05 bits per heavy atom. The first-order chi connectivity index (χ1) is 9.62. The molecule has 0 aliphatic rings. The van der Waals surface area contributed by atoms with Gasteiger partial charge in [0.15, 0.2) is 17.3 Å². The molecule has 2 aromatic rings. The van der Waals surface area contributed by atoms with Gasteiger partial charge in [0.2, 0.25) is 5.75 Å². The van der Waals surface area contributed by atoms with Gasteiger partial charge in [-0.05, 0) is 26.0 Å². The molecular formula is C14H19N3O3. The van der Waals surface area contributed by atoms with Gasteiger partial charge in [0.1, 0.15) is 6.33 Å². The van der Waals surface area contributed by atoms with Crippen LogP contribution in [0.4, 0.5) is 0 Å². The largest absolute Gasteiger partial charge is 0.493 e. The van der Waals surface area contributed by atoms with Crippen LogP contribution in [0.1, 0.15) is 19.9 Å². The summed E-state index contributed by atoms with van der Waals surface area (Å²) in [5.41, 5.74) is 0.866. The minimum absolute atomic E-state index is 0.263. The molecule has 0 amide bonds. The number of methoxy groups -OCH3 is 3. The van der Waals surface area contributed by atoms with Crippen molar-refractivity contribution in [3.05, 3.63) is 18.5 Å². The Labute approximate surface area is 118 Å². The lowest BCUT2D eigenvalue weighted by molar-refractivity contribution is 0.324. The Bertz CT molecular complexity index is 568. The summed E-state index contributed by atoms with van der Waals surface area (Å²) in [5.74, 6) is 2.52. The average Bonchev–Trinajstić information content (AvgIpc) is 2.95. The highest BCUT2D eigenvalue weighted by molar-refractivity contribution is 5.66. The van der Waals surface area contributed by atoms with Crippen molar-refractivity contribution in [1.82, 2.24) is 14.8 Å². The Hall–Kier alpha value is -2.24. The van der Waals surface area contributed by atoms with Gasteiger partial charge < -0.3 is 18.8 Å². The first kappa shape index (κ1) is 14.2. The molecule has 0 fully saturated rings. The Kier molecular flexibility index (Phi) is 4.12. The predicted octanol–water partition coefficient (Wildman–Crippen LogP) is 2.55. The minimum atomic E-state index is 0.263. The highest BCUT2D eigenvalue weighted by atomic mass is 16.5. The van der Waals surface area contributed by atoms with Gasteiger partial charge in [-0.25, -0.2) is 0 Å². The summed E-state index contributed by atoms with van der Waals surface area (Å²) in [4.78, 5) is 0. The van der Waals surface area contributed by atoms with Crippen LogP contribution in [0.3, 0.4) is 0 Å². The van der Waals surface area contributed by atoms with Crippen molar-refractivity contribution in [3.8, 4) is 28.6 Å². The molecule has 0 saturated carbocycles.